The number of hydrogen-bond donors (Lipinski definition) is 0. The molecule has 1 atom stereocenters. The third-order valence-corrected chi connectivity index (χ3v) is 5.56. The minimum atomic E-state index is 0.0273. The van der Waals surface area contributed by atoms with Crippen molar-refractivity contribution in [2.24, 2.45) is 7.05 Å². The summed E-state index contributed by atoms with van der Waals surface area (Å²) < 4.78 is 1.69. The van der Waals surface area contributed by atoms with E-state index in [1.807, 2.05) is 49.8 Å². The molecule has 6 nitrogen and oxygen atoms in total. The van der Waals surface area contributed by atoms with E-state index in [9.17, 15) is 4.79 Å². The van der Waals surface area contributed by atoms with Crippen molar-refractivity contribution in [2.75, 3.05) is 26.2 Å². The highest BCUT2D eigenvalue weighted by molar-refractivity contribution is 5.77. The molecule has 1 aromatic carbocycles. The molecule has 1 fully saturated rings. The first kappa shape index (κ1) is 17.8. The number of pyridine rings is 1. The summed E-state index contributed by atoms with van der Waals surface area (Å²) in [6.07, 6.45) is 3.76. The molecule has 1 unspecified atom stereocenters. The number of fused-ring (bicyclic) bond motifs is 1. The van der Waals surface area contributed by atoms with Crippen molar-refractivity contribution in [1.82, 2.24) is 24.3 Å². The van der Waals surface area contributed by atoms with Gasteiger partial charge < -0.3 is 0 Å². The molecular formula is C21H25N5O. The molecule has 3 aromatic rings. The molecule has 1 aliphatic rings. The maximum atomic E-state index is 12.6. The van der Waals surface area contributed by atoms with Gasteiger partial charge in [0.2, 0.25) is 0 Å². The molecule has 1 saturated heterocycles. The van der Waals surface area contributed by atoms with Crippen molar-refractivity contribution >= 4 is 10.9 Å². The molecule has 0 radical (unpaired) electrons. The normalized spacial score (nSPS) is 17.3. The maximum Gasteiger partial charge on any atom is 0.261 e. The smallest absolute Gasteiger partial charge is 0.261 e. The summed E-state index contributed by atoms with van der Waals surface area (Å²) >= 11 is 0. The van der Waals surface area contributed by atoms with Gasteiger partial charge in [-0.05, 0) is 30.7 Å². The van der Waals surface area contributed by atoms with Crippen molar-refractivity contribution in [3.8, 4) is 0 Å². The van der Waals surface area contributed by atoms with Gasteiger partial charge in [-0.15, -0.1) is 0 Å². The maximum absolute atomic E-state index is 12.6. The minimum Gasteiger partial charge on any atom is -0.298 e. The van der Waals surface area contributed by atoms with Gasteiger partial charge in [-0.2, -0.15) is 0 Å². The molecular weight excluding hydrogens is 338 g/mol. The summed E-state index contributed by atoms with van der Waals surface area (Å²) in [5.74, 6) is 0.826. The molecule has 1 aliphatic heterocycles. The largest absolute Gasteiger partial charge is 0.298 e. The van der Waals surface area contributed by atoms with E-state index in [0.717, 1.165) is 37.5 Å². The van der Waals surface area contributed by atoms with Crippen LogP contribution in [0, 0.1) is 0 Å². The highest BCUT2D eigenvalue weighted by Gasteiger charge is 2.23. The van der Waals surface area contributed by atoms with Crippen LogP contribution in [0.1, 0.15) is 24.4 Å². The Morgan fingerprint density at radius 2 is 1.85 bits per heavy atom. The first-order chi connectivity index (χ1) is 13.1. The predicted molar refractivity (Wildman–Crippen MR) is 106 cm³/mol. The average Bonchev–Trinajstić information content (AvgIpc) is 2.72. The molecule has 0 aliphatic carbocycles. The van der Waals surface area contributed by atoms with Crippen LogP contribution in [0.25, 0.3) is 10.9 Å². The molecule has 0 spiro atoms. The van der Waals surface area contributed by atoms with Crippen LogP contribution in [-0.2, 0) is 13.6 Å². The van der Waals surface area contributed by atoms with Gasteiger partial charge in [0.25, 0.3) is 5.56 Å². The zero-order valence-corrected chi connectivity index (χ0v) is 15.9. The molecule has 140 valence electrons. The number of hydrogen-bond acceptors (Lipinski definition) is 5. The number of para-hydroxylation sites is 1. The van der Waals surface area contributed by atoms with Gasteiger partial charge in [0, 0.05) is 51.7 Å². The van der Waals surface area contributed by atoms with E-state index in [1.54, 1.807) is 4.57 Å². The second-order valence-electron chi connectivity index (χ2n) is 7.18. The van der Waals surface area contributed by atoms with E-state index in [2.05, 4.69) is 27.8 Å². The molecule has 0 bridgehead atoms. The third-order valence-electron chi connectivity index (χ3n) is 5.56. The summed E-state index contributed by atoms with van der Waals surface area (Å²) in [5, 5.41) is 0.680. The van der Waals surface area contributed by atoms with Crippen molar-refractivity contribution in [3.05, 3.63) is 70.5 Å². The van der Waals surface area contributed by atoms with Gasteiger partial charge in [-0.1, -0.05) is 18.2 Å². The summed E-state index contributed by atoms with van der Waals surface area (Å²) in [5.41, 5.74) is 2.06. The van der Waals surface area contributed by atoms with Crippen LogP contribution in [-0.4, -0.2) is 50.5 Å². The number of rotatable bonds is 4. The second-order valence-corrected chi connectivity index (χ2v) is 7.18. The minimum absolute atomic E-state index is 0.0273. The first-order valence-corrected chi connectivity index (χ1v) is 9.44. The molecule has 3 heterocycles. The van der Waals surface area contributed by atoms with Crippen LogP contribution < -0.4 is 5.56 Å². The van der Waals surface area contributed by atoms with Crippen LogP contribution in [0.2, 0.25) is 0 Å². The Morgan fingerprint density at radius 1 is 1.07 bits per heavy atom. The lowest BCUT2D eigenvalue weighted by atomic mass is 10.1. The fourth-order valence-corrected chi connectivity index (χ4v) is 3.75. The standard InChI is InChI=1S/C21H25N5O/c1-16(17-6-5-9-22-14-17)26-12-10-25(11-13-26)15-20-23-19-8-4-3-7-18(19)21(27)24(20)2/h3-9,14,16H,10-13,15H2,1-2H3. The second kappa shape index (κ2) is 7.58. The van der Waals surface area contributed by atoms with Crippen LogP contribution >= 0.6 is 0 Å². The predicted octanol–water partition coefficient (Wildman–Crippen LogP) is 2.21. The molecule has 0 N–H and O–H groups in total. The van der Waals surface area contributed by atoms with Crippen LogP contribution in [0.3, 0.4) is 0 Å². The summed E-state index contributed by atoms with van der Waals surface area (Å²) in [6, 6.07) is 12.1. The molecule has 6 heteroatoms. The zero-order valence-electron chi connectivity index (χ0n) is 15.9. The lowest BCUT2D eigenvalue weighted by molar-refractivity contribution is 0.0953. The molecule has 0 amide bonds. The third kappa shape index (κ3) is 3.63. The average molecular weight is 363 g/mol. The Hall–Kier alpha value is -2.57. The lowest BCUT2D eigenvalue weighted by Gasteiger charge is -2.38. The van der Waals surface area contributed by atoms with Gasteiger partial charge in [-0.25, -0.2) is 4.98 Å². The fraction of sp³-hybridized carbons (Fsp3) is 0.381. The zero-order chi connectivity index (χ0) is 18.8. The van der Waals surface area contributed by atoms with Gasteiger partial charge in [0.15, 0.2) is 0 Å². The Morgan fingerprint density at radius 3 is 2.59 bits per heavy atom. The number of nitrogens with zero attached hydrogens (tertiary/aromatic N) is 5. The van der Waals surface area contributed by atoms with Gasteiger partial charge >= 0.3 is 0 Å². The van der Waals surface area contributed by atoms with E-state index >= 15 is 0 Å². The van der Waals surface area contributed by atoms with Crippen molar-refractivity contribution < 1.29 is 0 Å². The van der Waals surface area contributed by atoms with Gasteiger partial charge in [0.1, 0.15) is 5.82 Å². The summed E-state index contributed by atoms with van der Waals surface area (Å²) in [6.45, 7) is 6.86. The first-order valence-electron chi connectivity index (χ1n) is 9.44. The highest BCUT2D eigenvalue weighted by atomic mass is 16.1. The highest BCUT2D eigenvalue weighted by Crippen LogP contribution is 2.21. The summed E-state index contributed by atoms with van der Waals surface area (Å²) in [4.78, 5) is 26.4. The molecule has 2 aromatic heterocycles. The fourth-order valence-electron chi connectivity index (χ4n) is 3.75. The summed E-state index contributed by atoms with van der Waals surface area (Å²) in [7, 11) is 1.82. The van der Waals surface area contributed by atoms with Crippen LogP contribution in [0.4, 0.5) is 0 Å². The SMILES string of the molecule is CC(c1cccnc1)N1CCN(Cc2nc3ccccc3c(=O)n2C)CC1. The lowest BCUT2D eigenvalue weighted by Crippen LogP contribution is -2.47. The number of benzene rings is 1. The Bertz CT molecular complexity index is 977. The quantitative estimate of drug-likeness (QED) is 0.711. The number of piperazine rings is 1. The van der Waals surface area contributed by atoms with Gasteiger partial charge in [-0.3, -0.25) is 24.1 Å². The van der Waals surface area contributed by atoms with Gasteiger partial charge in [0.05, 0.1) is 17.4 Å². The Kier molecular flexibility index (Phi) is 5.01. The van der Waals surface area contributed by atoms with E-state index in [0.29, 0.717) is 18.0 Å². The van der Waals surface area contributed by atoms with Crippen molar-refractivity contribution in [2.45, 2.75) is 19.5 Å². The number of aromatic nitrogens is 3. The van der Waals surface area contributed by atoms with E-state index in [-0.39, 0.29) is 5.56 Å². The van der Waals surface area contributed by atoms with E-state index < -0.39 is 0 Å². The van der Waals surface area contributed by atoms with Crippen LogP contribution in [0.15, 0.2) is 53.6 Å². The Labute approximate surface area is 159 Å². The van der Waals surface area contributed by atoms with Crippen molar-refractivity contribution in [3.63, 3.8) is 0 Å². The molecule has 27 heavy (non-hydrogen) atoms. The molecule has 0 saturated carbocycles. The Balaban J connectivity index is 1.45. The van der Waals surface area contributed by atoms with Crippen LogP contribution in [0.5, 0.6) is 0 Å². The molecule has 4 rings (SSSR count). The van der Waals surface area contributed by atoms with E-state index in [1.165, 1.54) is 5.56 Å². The monoisotopic (exact) mass is 363 g/mol. The van der Waals surface area contributed by atoms with E-state index in [4.69, 9.17) is 4.98 Å². The topological polar surface area (TPSA) is 54.3 Å². The van der Waals surface area contributed by atoms with Crippen molar-refractivity contribution in [1.29, 1.82) is 0 Å².